The van der Waals surface area contributed by atoms with Crippen molar-refractivity contribution in [3.05, 3.63) is 42.5 Å². The first-order chi connectivity index (χ1) is 14.1. The Labute approximate surface area is 174 Å². The summed E-state index contributed by atoms with van der Waals surface area (Å²) in [6.45, 7) is 7.13. The molecule has 2 heterocycles. The molecule has 0 radical (unpaired) electrons. The molecule has 0 spiro atoms. The molecule has 1 aromatic heterocycles. The van der Waals surface area contributed by atoms with Gasteiger partial charge in [0.1, 0.15) is 24.3 Å². The molecule has 0 bridgehead atoms. The summed E-state index contributed by atoms with van der Waals surface area (Å²) < 4.78 is 17.2. The number of ether oxygens (including phenoxy) is 3. The summed E-state index contributed by atoms with van der Waals surface area (Å²) in [7, 11) is 0. The van der Waals surface area contributed by atoms with E-state index in [9.17, 15) is 0 Å². The molecule has 1 aliphatic heterocycles. The van der Waals surface area contributed by atoms with Gasteiger partial charge in [-0.25, -0.2) is 9.97 Å². The van der Waals surface area contributed by atoms with Crippen LogP contribution in [0.1, 0.15) is 65.1 Å². The van der Waals surface area contributed by atoms with Crippen LogP contribution in [0.15, 0.2) is 36.7 Å². The molecule has 1 aliphatic rings. The van der Waals surface area contributed by atoms with Crippen molar-refractivity contribution in [1.29, 1.82) is 0 Å². The quantitative estimate of drug-likeness (QED) is 0.463. The van der Waals surface area contributed by atoms with E-state index in [1.54, 1.807) is 0 Å². The molecule has 3 rings (SSSR count). The lowest BCUT2D eigenvalue weighted by Crippen LogP contribution is -2.25. The van der Waals surface area contributed by atoms with Gasteiger partial charge >= 0.3 is 0 Å². The van der Waals surface area contributed by atoms with Crippen molar-refractivity contribution in [1.82, 2.24) is 9.97 Å². The van der Waals surface area contributed by atoms with Crippen LogP contribution in [-0.4, -0.2) is 35.1 Å². The SMILES string of the molecule is CCCCCCCCc1ncc(-c2ccc(OCC3COC(C)(C)O3)cc2)cn1. The monoisotopic (exact) mass is 398 g/mol. The van der Waals surface area contributed by atoms with Crippen LogP contribution in [0.2, 0.25) is 0 Å². The first-order valence-corrected chi connectivity index (χ1v) is 10.9. The van der Waals surface area contributed by atoms with E-state index < -0.39 is 5.79 Å². The van der Waals surface area contributed by atoms with E-state index in [0.29, 0.717) is 13.2 Å². The summed E-state index contributed by atoms with van der Waals surface area (Å²) in [6, 6.07) is 8.02. The normalized spacial score (nSPS) is 18.1. The molecule has 1 fully saturated rings. The van der Waals surface area contributed by atoms with Gasteiger partial charge in [-0.1, -0.05) is 51.2 Å². The fraction of sp³-hybridized carbons (Fsp3) is 0.583. The van der Waals surface area contributed by atoms with Crippen LogP contribution in [-0.2, 0) is 15.9 Å². The summed E-state index contributed by atoms with van der Waals surface area (Å²) >= 11 is 0. The standard InChI is InChI=1S/C24H34N2O3/c1-4-5-6-7-8-9-10-23-25-15-20(16-26-23)19-11-13-21(14-12-19)27-17-22-18-28-24(2,3)29-22/h11-16,22H,4-10,17-18H2,1-3H3. The zero-order valence-corrected chi connectivity index (χ0v) is 18.0. The summed E-state index contributed by atoms with van der Waals surface area (Å²) in [5, 5.41) is 0. The van der Waals surface area contributed by atoms with Gasteiger partial charge in [-0.2, -0.15) is 0 Å². The maximum atomic E-state index is 5.84. The number of nitrogens with zero attached hydrogens (tertiary/aromatic N) is 2. The Morgan fingerprint density at radius 2 is 1.66 bits per heavy atom. The average Bonchev–Trinajstić information content (AvgIpc) is 3.09. The summed E-state index contributed by atoms with van der Waals surface area (Å²) in [6.07, 6.45) is 12.5. The van der Waals surface area contributed by atoms with Crippen molar-refractivity contribution in [2.45, 2.75) is 77.6 Å². The van der Waals surface area contributed by atoms with E-state index in [2.05, 4.69) is 16.9 Å². The van der Waals surface area contributed by atoms with Crippen LogP contribution in [0, 0.1) is 0 Å². The maximum Gasteiger partial charge on any atom is 0.163 e. The van der Waals surface area contributed by atoms with E-state index >= 15 is 0 Å². The molecule has 1 saturated heterocycles. The third-order valence-electron chi connectivity index (χ3n) is 5.15. The first kappa shape index (κ1) is 21.7. The zero-order chi connectivity index (χ0) is 20.5. The summed E-state index contributed by atoms with van der Waals surface area (Å²) in [5.41, 5.74) is 2.11. The van der Waals surface area contributed by atoms with Gasteiger partial charge in [-0.15, -0.1) is 0 Å². The van der Waals surface area contributed by atoms with Gasteiger partial charge in [-0.05, 0) is 38.0 Å². The lowest BCUT2D eigenvalue weighted by Gasteiger charge is -2.17. The fourth-order valence-electron chi connectivity index (χ4n) is 3.47. The highest BCUT2D eigenvalue weighted by molar-refractivity contribution is 5.62. The third-order valence-corrected chi connectivity index (χ3v) is 5.15. The molecule has 5 heteroatoms. The van der Waals surface area contributed by atoms with Gasteiger partial charge in [0, 0.05) is 24.4 Å². The van der Waals surface area contributed by atoms with E-state index in [4.69, 9.17) is 14.2 Å². The van der Waals surface area contributed by atoms with Crippen molar-refractivity contribution in [2.24, 2.45) is 0 Å². The predicted octanol–water partition coefficient (Wildman–Crippen LogP) is 5.58. The second-order valence-electron chi connectivity index (χ2n) is 8.19. The largest absolute Gasteiger partial charge is 0.491 e. The Morgan fingerprint density at radius 3 is 2.31 bits per heavy atom. The Kier molecular flexibility index (Phi) is 8.01. The number of hydrogen-bond acceptors (Lipinski definition) is 5. The molecular weight excluding hydrogens is 364 g/mol. The minimum absolute atomic E-state index is 0.0303. The Balaban J connectivity index is 1.43. The topological polar surface area (TPSA) is 53.5 Å². The number of aromatic nitrogens is 2. The van der Waals surface area contributed by atoms with E-state index in [1.165, 1.54) is 38.5 Å². The van der Waals surface area contributed by atoms with Crippen LogP contribution in [0.4, 0.5) is 0 Å². The molecule has 158 valence electrons. The minimum Gasteiger partial charge on any atom is -0.491 e. The van der Waals surface area contributed by atoms with E-state index in [1.807, 2.05) is 50.5 Å². The molecule has 0 saturated carbocycles. The molecule has 2 aromatic rings. The lowest BCUT2D eigenvalue weighted by atomic mass is 10.1. The molecule has 1 aromatic carbocycles. The van der Waals surface area contributed by atoms with Crippen molar-refractivity contribution < 1.29 is 14.2 Å². The highest BCUT2D eigenvalue weighted by Gasteiger charge is 2.32. The van der Waals surface area contributed by atoms with Crippen molar-refractivity contribution in [3.63, 3.8) is 0 Å². The van der Waals surface area contributed by atoms with Gasteiger partial charge in [0.15, 0.2) is 5.79 Å². The van der Waals surface area contributed by atoms with Crippen molar-refractivity contribution >= 4 is 0 Å². The number of benzene rings is 1. The lowest BCUT2D eigenvalue weighted by molar-refractivity contribution is -0.141. The van der Waals surface area contributed by atoms with Crippen LogP contribution >= 0.6 is 0 Å². The first-order valence-electron chi connectivity index (χ1n) is 10.9. The highest BCUT2D eigenvalue weighted by atomic mass is 16.7. The fourth-order valence-corrected chi connectivity index (χ4v) is 3.47. The van der Waals surface area contributed by atoms with Gasteiger partial charge < -0.3 is 14.2 Å². The molecule has 1 atom stereocenters. The molecule has 0 aliphatic carbocycles. The van der Waals surface area contributed by atoms with Crippen molar-refractivity contribution in [2.75, 3.05) is 13.2 Å². The molecular formula is C24H34N2O3. The Hall–Kier alpha value is -1.98. The Bertz CT molecular complexity index is 729. The number of rotatable bonds is 11. The minimum atomic E-state index is -0.515. The van der Waals surface area contributed by atoms with Crippen LogP contribution in [0.3, 0.4) is 0 Å². The summed E-state index contributed by atoms with van der Waals surface area (Å²) in [5.74, 6) is 1.24. The smallest absolute Gasteiger partial charge is 0.163 e. The summed E-state index contributed by atoms with van der Waals surface area (Å²) in [4.78, 5) is 9.08. The molecule has 1 unspecified atom stereocenters. The second-order valence-corrected chi connectivity index (χ2v) is 8.19. The maximum absolute atomic E-state index is 5.84. The molecule has 0 N–H and O–H groups in total. The van der Waals surface area contributed by atoms with E-state index in [-0.39, 0.29) is 6.10 Å². The van der Waals surface area contributed by atoms with Crippen molar-refractivity contribution in [3.8, 4) is 16.9 Å². The van der Waals surface area contributed by atoms with Crippen LogP contribution in [0.5, 0.6) is 5.75 Å². The zero-order valence-electron chi connectivity index (χ0n) is 18.0. The average molecular weight is 399 g/mol. The van der Waals surface area contributed by atoms with Crippen LogP contribution < -0.4 is 4.74 Å². The van der Waals surface area contributed by atoms with Gasteiger partial charge in [0.05, 0.1) is 6.61 Å². The third kappa shape index (κ3) is 7.09. The van der Waals surface area contributed by atoms with Gasteiger partial charge in [-0.3, -0.25) is 0 Å². The van der Waals surface area contributed by atoms with Crippen LogP contribution in [0.25, 0.3) is 11.1 Å². The molecule has 5 nitrogen and oxygen atoms in total. The highest BCUT2D eigenvalue weighted by Crippen LogP contribution is 2.24. The van der Waals surface area contributed by atoms with Gasteiger partial charge in [0.2, 0.25) is 0 Å². The number of unbranched alkanes of at least 4 members (excludes halogenated alkanes) is 5. The Morgan fingerprint density at radius 1 is 0.966 bits per heavy atom. The van der Waals surface area contributed by atoms with Gasteiger partial charge in [0.25, 0.3) is 0 Å². The van der Waals surface area contributed by atoms with E-state index in [0.717, 1.165) is 29.1 Å². The number of aryl methyl sites for hydroxylation is 1. The number of hydrogen-bond donors (Lipinski definition) is 0. The predicted molar refractivity (Wildman–Crippen MR) is 115 cm³/mol. The second kappa shape index (κ2) is 10.7. The molecule has 29 heavy (non-hydrogen) atoms. The molecule has 0 amide bonds.